The molecule has 0 radical (unpaired) electrons. The molecule has 0 unspecified atom stereocenters. The van der Waals surface area contributed by atoms with Crippen LogP contribution in [0.1, 0.15) is 51.7 Å². The normalized spacial score (nSPS) is 12.5. The minimum atomic E-state index is -1.03. The Morgan fingerprint density at radius 3 is 1.94 bits per heavy atom. The van der Waals surface area contributed by atoms with E-state index in [0.717, 1.165) is 5.56 Å². The smallest absolute Gasteiger partial charge is 0.338 e. The minimum Gasteiger partial charge on any atom is -0.449 e. The maximum absolute atomic E-state index is 13.0. The highest BCUT2D eigenvalue weighted by Crippen LogP contribution is 2.15. The molecule has 1 N–H and O–H groups in total. The molecular weight excluding hydrogens is 397 g/mol. The zero-order valence-electron chi connectivity index (χ0n) is 17.2. The van der Waals surface area contributed by atoms with Crippen molar-refractivity contribution in [3.05, 3.63) is 107 Å². The van der Waals surface area contributed by atoms with Crippen LogP contribution >= 0.6 is 0 Å². The molecule has 3 aromatic rings. The van der Waals surface area contributed by atoms with Crippen LogP contribution in [0.4, 0.5) is 4.39 Å². The molecule has 31 heavy (non-hydrogen) atoms. The lowest BCUT2D eigenvalue weighted by Gasteiger charge is -2.18. The SMILES string of the molecule is C[C@H](OC(=O)c1ccc(C(=O)c2ccccc2)cc1)C(=O)N[C@H](C)c1ccc(F)cc1. The van der Waals surface area contributed by atoms with Crippen molar-refractivity contribution < 1.29 is 23.5 Å². The van der Waals surface area contributed by atoms with E-state index in [1.807, 2.05) is 6.07 Å². The summed E-state index contributed by atoms with van der Waals surface area (Å²) >= 11 is 0. The predicted octanol–water partition coefficient (Wildman–Crippen LogP) is 4.48. The van der Waals surface area contributed by atoms with Crippen LogP contribution in [0, 0.1) is 5.82 Å². The predicted molar refractivity (Wildman–Crippen MR) is 114 cm³/mol. The summed E-state index contributed by atoms with van der Waals surface area (Å²) in [6.07, 6.45) is -1.03. The lowest BCUT2D eigenvalue weighted by atomic mass is 10.0. The van der Waals surface area contributed by atoms with Crippen LogP contribution < -0.4 is 5.32 Å². The summed E-state index contributed by atoms with van der Waals surface area (Å²) < 4.78 is 18.3. The van der Waals surface area contributed by atoms with Gasteiger partial charge in [-0.05, 0) is 43.7 Å². The minimum absolute atomic E-state index is 0.150. The zero-order valence-corrected chi connectivity index (χ0v) is 17.2. The van der Waals surface area contributed by atoms with Crippen LogP contribution in [0.15, 0.2) is 78.9 Å². The Morgan fingerprint density at radius 1 is 0.774 bits per heavy atom. The fourth-order valence-corrected chi connectivity index (χ4v) is 2.96. The summed E-state index contributed by atoms with van der Waals surface area (Å²) in [5, 5.41) is 2.73. The van der Waals surface area contributed by atoms with E-state index >= 15 is 0 Å². The Kier molecular flexibility index (Phi) is 6.92. The molecular formula is C25H22FNO4. The molecule has 1 amide bonds. The number of rotatable bonds is 7. The van der Waals surface area contributed by atoms with Crippen LogP contribution in [0.3, 0.4) is 0 Å². The number of nitrogens with one attached hydrogen (secondary N) is 1. The van der Waals surface area contributed by atoms with E-state index in [9.17, 15) is 18.8 Å². The van der Waals surface area contributed by atoms with Gasteiger partial charge in [-0.15, -0.1) is 0 Å². The number of ether oxygens (including phenoxy) is 1. The summed E-state index contributed by atoms with van der Waals surface area (Å²) in [6, 6.07) is 20.3. The van der Waals surface area contributed by atoms with Gasteiger partial charge in [0.05, 0.1) is 11.6 Å². The fourth-order valence-electron chi connectivity index (χ4n) is 2.96. The van der Waals surface area contributed by atoms with E-state index in [0.29, 0.717) is 11.1 Å². The first-order chi connectivity index (χ1) is 14.8. The lowest BCUT2D eigenvalue weighted by Crippen LogP contribution is -2.37. The number of esters is 1. The maximum Gasteiger partial charge on any atom is 0.338 e. The number of halogens is 1. The molecule has 0 aliphatic rings. The Labute approximate surface area is 179 Å². The molecule has 0 fully saturated rings. The number of hydrogen-bond acceptors (Lipinski definition) is 4. The Bertz CT molecular complexity index is 1060. The molecule has 3 aromatic carbocycles. The van der Waals surface area contributed by atoms with Gasteiger partial charge >= 0.3 is 5.97 Å². The lowest BCUT2D eigenvalue weighted by molar-refractivity contribution is -0.129. The Balaban J connectivity index is 1.58. The first kappa shape index (κ1) is 21.9. The number of hydrogen-bond donors (Lipinski definition) is 1. The molecule has 0 aliphatic heterocycles. The molecule has 0 aromatic heterocycles. The van der Waals surface area contributed by atoms with Gasteiger partial charge in [-0.1, -0.05) is 54.6 Å². The van der Waals surface area contributed by atoms with Gasteiger partial charge in [-0.2, -0.15) is 0 Å². The van der Waals surface area contributed by atoms with Gasteiger partial charge in [-0.25, -0.2) is 9.18 Å². The third-order valence-corrected chi connectivity index (χ3v) is 4.80. The monoisotopic (exact) mass is 419 g/mol. The number of amides is 1. The molecule has 0 saturated heterocycles. The highest BCUT2D eigenvalue weighted by Gasteiger charge is 2.21. The number of carbonyl (C=O) groups excluding carboxylic acids is 3. The second kappa shape index (κ2) is 9.80. The molecule has 0 bridgehead atoms. The zero-order chi connectivity index (χ0) is 22.4. The van der Waals surface area contributed by atoms with Crippen molar-refractivity contribution in [3.8, 4) is 0 Å². The topological polar surface area (TPSA) is 72.5 Å². The number of carbonyl (C=O) groups is 3. The Hall–Kier alpha value is -3.80. The number of ketones is 1. The van der Waals surface area contributed by atoms with Crippen LogP contribution in [0.25, 0.3) is 0 Å². The van der Waals surface area contributed by atoms with Crippen LogP contribution in [0.2, 0.25) is 0 Å². The summed E-state index contributed by atoms with van der Waals surface area (Å²) in [4.78, 5) is 37.2. The highest BCUT2D eigenvalue weighted by atomic mass is 19.1. The van der Waals surface area contributed by atoms with E-state index in [1.165, 1.54) is 31.2 Å². The van der Waals surface area contributed by atoms with E-state index in [4.69, 9.17) is 4.74 Å². The Morgan fingerprint density at radius 2 is 1.32 bits per heavy atom. The van der Waals surface area contributed by atoms with Crippen molar-refractivity contribution in [3.63, 3.8) is 0 Å². The summed E-state index contributed by atoms with van der Waals surface area (Å²) in [5.74, 6) is -1.65. The number of benzene rings is 3. The maximum atomic E-state index is 13.0. The van der Waals surface area contributed by atoms with Crippen LogP contribution in [-0.4, -0.2) is 23.8 Å². The van der Waals surface area contributed by atoms with Gasteiger partial charge in [0.25, 0.3) is 5.91 Å². The largest absolute Gasteiger partial charge is 0.449 e. The van der Waals surface area contributed by atoms with Crippen LogP contribution in [0.5, 0.6) is 0 Å². The van der Waals surface area contributed by atoms with Gasteiger partial charge in [0, 0.05) is 11.1 Å². The second-order valence-corrected chi connectivity index (χ2v) is 7.10. The molecule has 0 saturated carbocycles. The third-order valence-electron chi connectivity index (χ3n) is 4.80. The van der Waals surface area contributed by atoms with E-state index < -0.39 is 18.0 Å². The van der Waals surface area contributed by atoms with E-state index in [-0.39, 0.29) is 23.2 Å². The van der Waals surface area contributed by atoms with Gasteiger partial charge < -0.3 is 10.1 Å². The van der Waals surface area contributed by atoms with Gasteiger partial charge in [-0.3, -0.25) is 9.59 Å². The third kappa shape index (κ3) is 5.63. The molecule has 0 aliphatic carbocycles. The van der Waals surface area contributed by atoms with E-state index in [1.54, 1.807) is 55.5 Å². The molecule has 158 valence electrons. The van der Waals surface area contributed by atoms with Crippen molar-refractivity contribution in [2.75, 3.05) is 0 Å². The van der Waals surface area contributed by atoms with E-state index in [2.05, 4.69) is 5.32 Å². The highest BCUT2D eigenvalue weighted by molar-refractivity contribution is 6.09. The van der Waals surface area contributed by atoms with Crippen molar-refractivity contribution in [1.82, 2.24) is 5.32 Å². The summed E-state index contributed by atoms with van der Waals surface area (Å²) in [5.41, 5.74) is 1.96. The summed E-state index contributed by atoms with van der Waals surface area (Å²) in [6.45, 7) is 3.22. The quantitative estimate of drug-likeness (QED) is 0.453. The van der Waals surface area contributed by atoms with Crippen molar-refractivity contribution in [1.29, 1.82) is 0 Å². The van der Waals surface area contributed by atoms with Crippen molar-refractivity contribution >= 4 is 17.7 Å². The second-order valence-electron chi connectivity index (χ2n) is 7.10. The first-order valence-corrected chi connectivity index (χ1v) is 9.82. The van der Waals surface area contributed by atoms with Gasteiger partial charge in [0.1, 0.15) is 5.82 Å². The van der Waals surface area contributed by atoms with Crippen molar-refractivity contribution in [2.45, 2.75) is 26.0 Å². The molecule has 2 atom stereocenters. The summed E-state index contributed by atoms with van der Waals surface area (Å²) in [7, 11) is 0. The molecule has 6 heteroatoms. The molecule has 0 heterocycles. The molecule has 5 nitrogen and oxygen atoms in total. The van der Waals surface area contributed by atoms with Gasteiger partial charge in [0.2, 0.25) is 0 Å². The standard InChI is InChI=1S/C25H22FNO4/c1-16(18-12-14-22(26)15-13-18)27-24(29)17(2)31-25(30)21-10-8-20(9-11-21)23(28)19-6-4-3-5-7-19/h3-17H,1-2H3,(H,27,29)/t16-,17+/m1/s1. The molecule has 0 spiro atoms. The van der Waals surface area contributed by atoms with Crippen molar-refractivity contribution in [2.24, 2.45) is 0 Å². The average Bonchev–Trinajstić information content (AvgIpc) is 2.79. The van der Waals surface area contributed by atoms with Gasteiger partial charge in [0.15, 0.2) is 11.9 Å². The first-order valence-electron chi connectivity index (χ1n) is 9.82. The van der Waals surface area contributed by atoms with Crippen LogP contribution in [-0.2, 0) is 9.53 Å². The fraction of sp³-hybridized carbons (Fsp3) is 0.160. The molecule has 3 rings (SSSR count). The average molecular weight is 419 g/mol.